The summed E-state index contributed by atoms with van der Waals surface area (Å²) >= 11 is 4.87. The number of Topliss-reactive ketones (excluding diaryl/α,β-unsaturated/α-hetero) is 1. The van der Waals surface area contributed by atoms with Gasteiger partial charge in [0, 0.05) is 28.3 Å². The molecule has 0 bridgehead atoms. The Morgan fingerprint density at radius 2 is 2.19 bits per heavy atom. The van der Waals surface area contributed by atoms with Crippen molar-refractivity contribution in [2.45, 2.75) is 12.5 Å². The van der Waals surface area contributed by atoms with Crippen LogP contribution in [0.3, 0.4) is 0 Å². The van der Waals surface area contributed by atoms with E-state index in [4.69, 9.17) is 4.74 Å². The molecule has 0 saturated carbocycles. The van der Waals surface area contributed by atoms with Crippen molar-refractivity contribution in [3.05, 3.63) is 56.8 Å². The fraction of sp³-hybridized carbons (Fsp3) is 0.263. The van der Waals surface area contributed by atoms with Crippen LogP contribution in [0.5, 0.6) is 0 Å². The largest absolute Gasteiger partial charge is 0.377 e. The Morgan fingerprint density at radius 3 is 3.00 bits per heavy atom. The number of thiophene rings is 1. The van der Waals surface area contributed by atoms with Gasteiger partial charge in [-0.2, -0.15) is 0 Å². The van der Waals surface area contributed by atoms with Crippen LogP contribution >= 0.6 is 27.3 Å². The Labute approximate surface area is 163 Å². The molecule has 0 unspecified atom stereocenters. The molecule has 1 aromatic carbocycles. The third kappa shape index (κ3) is 3.47. The first-order valence-electron chi connectivity index (χ1n) is 8.35. The second kappa shape index (κ2) is 7.34. The number of carbonyl (C=O) groups excluding carboxylic acids is 2. The number of hydrogen-bond donors (Lipinski definition) is 1. The molecule has 1 saturated heterocycles. The number of ether oxygens (including phenoxy) is 1. The Hall–Kier alpha value is -1.96. The summed E-state index contributed by atoms with van der Waals surface area (Å²) in [5.74, 6) is -0.0431. The van der Waals surface area contributed by atoms with Gasteiger partial charge in [0.25, 0.3) is 5.91 Å². The number of carbonyl (C=O) groups is 2. The van der Waals surface area contributed by atoms with E-state index >= 15 is 0 Å². The fourth-order valence-corrected chi connectivity index (χ4v) is 4.25. The molecule has 5 nitrogen and oxygen atoms in total. The molecule has 1 amide bonds. The molecule has 1 fully saturated rings. The molecule has 0 spiro atoms. The van der Waals surface area contributed by atoms with E-state index in [2.05, 4.69) is 20.9 Å². The average molecular weight is 433 g/mol. The van der Waals surface area contributed by atoms with E-state index in [1.807, 2.05) is 41.8 Å². The van der Waals surface area contributed by atoms with Crippen LogP contribution in [0.1, 0.15) is 26.6 Å². The lowest BCUT2D eigenvalue weighted by molar-refractivity contribution is -0.00302. The van der Waals surface area contributed by atoms with Gasteiger partial charge in [-0.1, -0.05) is 28.1 Å². The summed E-state index contributed by atoms with van der Waals surface area (Å²) in [4.78, 5) is 31.2. The number of nitrogens with zero attached hydrogens (tertiary/aromatic N) is 1. The number of morpholine rings is 1. The van der Waals surface area contributed by atoms with Gasteiger partial charge in [-0.25, -0.2) is 0 Å². The molecular formula is C19H17BrN2O3S. The summed E-state index contributed by atoms with van der Waals surface area (Å²) < 4.78 is 6.49. The van der Waals surface area contributed by atoms with Crippen molar-refractivity contribution in [1.29, 1.82) is 0 Å². The first kappa shape index (κ1) is 17.5. The zero-order chi connectivity index (χ0) is 18.1. The van der Waals surface area contributed by atoms with Crippen molar-refractivity contribution in [2.24, 2.45) is 0 Å². The summed E-state index contributed by atoms with van der Waals surface area (Å²) in [6, 6.07) is 11.1. The Bertz CT molecular complexity index is 951. The third-order valence-electron chi connectivity index (χ3n) is 4.52. The third-order valence-corrected chi connectivity index (χ3v) is 5.92. The van der Waals surface area contributed by atoms with Crippen LogP contribution in [-0.2, 0) is 4.74 Å². The van der Waals surface area contributed by atoms with E-state index in [1.165, 1.54) is 11.3 Å². The lowest BCUT2D eigenvalue weighted by Gasteiger charge is -2.35. The number of benzene rings is 1. The van der Waals surface area contributed by atoms with E-state index in [1.54, 1.807) is 4.90 Å². The zero-order valence-electron chi connectivity index (χ0n) is 13.9. The summed E-state index contributed by atoms with van der Waals surface area (Å²) in [6.45, 7) is 1.36. The molecule has 0 aliphatic carbocycles. The minimum atomic E-state index is -0.246. The number of fused-ring (bicyclic) bond motifs is 1. The van der Waals surface area contributed by atoms with Gasteiger partial charge in [0.15, 0.2) is 5.78 Å². The molecule has 7 heteroatoms. The van der Waals surface area contributed by atoms with Crippen molar-refractivity contribution in [1.82, 2.24) is 9.88 Å². The molecule has 26 heavy (non-hydrogen) atoms. The van der Waals surface area contributed by atoms with E-state index in [0.29, 0.717) is 25.5 Å². The van der Waals surface area contributed by atoms with Gasteiger partial charge in [0.05, 0.1) is 24.1 Å². The molecule has 1 aliphatic rings. The lowest BCUT2D eigenvalue weighted by atomic mass is 10.1. The number of halogens is 1. The van der Waals surface area contributed by atoms with Gasteiger partial charge < -0.3 is 14.6 Å². The van der Waals surface area contributed by atoms with E-state index in [0.717, 1.165) is 20.3 Å². The van der Waals surface area contributed by atoms with E-state index in [-0.39, 0.29) is 24.2 Å². The van der Waals surface area contributed by atoms with Crippen molar-refractivity contribution in [3.63, 3.8) is 0 Å². The van der Waals surface area contributed by atoms with Crippen LogP contribution in [0.25, 0.3) is 10.9 Å². The lowest BCUT2D eigenvalue weighted by Crippen LogP contribution is -2.49. The fourth-order valence-electron chi connectivity index (χ4n) is 3.21. The Balaban J connectivity index is 1.56. The monoisotopic (exact) mass is 432 g/mol. The number of rotatable bonds is 4. The molecule has 1 aliphatic heterocycles. The van der Waals surface area contributed by atoms with Gasteiger partial charge in [-0.3, -0.25) is 9.59 Å². The van der Waals surface area contributed by atoms with Crippen LogP contribution < -0.4 is 0 Å². The first-order valence-corrected chi connectivity index (χ1v) is 10.0. The molecule has 134 valence electrons. The molecule has 3 aromatic rings. The number of nitrogens with one attached hydrogen (secondary N) is 1. The standard InChI is InChI=1S/C19H17BrN2O3S/c20-13-4-3-12-8-16(21-15(12)9-13)19(24)22-5-6-25-11-14(22)10-17(23)18-2-1-7-26-18/h1-4,7-9,14,21H,5-6,10-11H2/t14-/m0/s1. The van der Waals surface area contributed by atoms with Gasteiger partial charge in [-0.15, -0.1) is 11.3 Å². The summed E-state index contributed by atoms with van der Waals surface area (Å²) in [7, 11) is 0. The number of H-pyrrole nitrogens is 1. The molecule has 3 heterocycles. The van der Waals surface area contributed by atoms with Gasteiger partial charge in [0.1, 0.15) is 5.69 Å². The highest BCUT2D eigenvalue weighted by Gasteiger charge is 2.31. The second-order valence-corrected chi connectivity index (χ2v) is 8.11. The molecule has 1 N–H and O–H groups in total. The average Bonchev–Trinajstić information content (AvgIpc) is 3.31. The Morgan fingerprint density at radius 1 is 1.31 bits per heavy atom. The summed E-state index contributed by atoms with van der Waals surface area (Å²) in [6.07, 6.45) is 0.276. The van der Waals surface area contributed by atoms with Gasteiger partial charge >= 0.3 is 0 Å². The van der Waals surface area contributed by atoms with Crippen LogP contribution in [0, 0.1) is 0 Å². The SMILES string of the molecule is O=C(C[C@H]1COCCN1C(=O)c1cc2ccc(Br)cc2[nH]1)c1cccs1. The van der Waals surface area contributed by atoms with Crippen LogP contribution in [0.15, 0.2) is 46.3 Å². The maximum atomic E-state index is 13.1. The highest BCUT2D eigenvalue weighted by Crippen LogP contribution is 2.23. The van der Waals surface area contributed by atoms with Gasteiger partial charge in [0.2, 0.25) is 0 Å². The zero-order valence-corrected chi connectivity index (χ0v) is 16.3. The normalized spacial score (nSPS) is 17.6. The van der Waals surface area contributed by atoms with Crippen molar-refractivity contribution >= 4 is 49.9 Å². The van der Waals surface area contributed by atoms with Crippen LogP contribution in [0.4, 0.5) is 0 Å². The number of hydrogen-bond acceptors (Lipinski definition) is 4. The molecule has 4 rings (SSSR count). The number of aromatic amines is 1. The number of ketones is 1. The highest BCUT2D eigenvalue weighted by atomic mass is 79.9. The topological polar surface area (TPSA) is 62.4 Å². The summed E-state index contributed by atoms with van der Waals surface area (Å²) in [5, 5.41) is 2.87. The molecule has 1 atom stereocenters. The molecule has 0 radical (unpaired) electrons. The van der Waals surface area contributed by atoms with Gasteiger partial charge in [-0.05, 0) is 29.6 Å². The molecule has 2 aromatic heterocycles. The quantitative estimate of drug-likeness (QED) is 0.631. The maximum absolute atomic E-state index is 13.1. The first-order chi connectivity index (χ1) is 12.6. The summed E-state index contributed by atoms with van der Waals surface area (Å²) in [5.41, 5.74) is 1.44. The van der Waals surface area contributed by atoms with Crippen molar-refractivity contribution < 1.29 is 14.3 Å². The minimum absolute atomic E-state index is 0.0499. The number of aromatic nitrogens is 1. The predicted octanol–water partition coefficient (Wildman–Crippen LogP) is 4.11. The van der Waals surface area contributed by atoms with Crippen molar-refractivity contribution in [3.8, 4) is 0 Å². The predicted molar refractivity (Wildman–Crippen MR) is 105 cm³/mol. The highest BCUT2D eigenvalue weighted by molar-refractivity contribution is 9.10. The Kier molecular flexibility index (Phi) is 4.93. The van der Waals surface area contributed by atoms with Crippen molar-refractivity contribution in [2.75, 3.05) is 19.8 Å². The number of amides is 1. The maximum Gasteiger partial charge on any atom is 0.270 e. The second-order valence-electron chi connectivity index (χ2n) is 6.25. The molecular weight excluding hydrogens is 416 g/mol. The van der Waals surface area contributed by atoms with E-state index in [9.17, 15) is 9.59 Å². The van der Waals surface area contributed by atoms with Crippen LogP contribution in [-0.4, -0.2) is 47.4 Å². The van der Waals surface area contributed by atoms with E-state index < -0.39 is 0 Å². The smallest absolute Gasteiger partial charge is 0.270 e. The minimum Gasteiger partial charge on any atom is -0.377 e. The van der Waals surface area contributed by atoms with Crippen LogP contribution in [0.2, 0.25) is 0 Å².